The van der Waals surface area contributed by atoms with E-state index in [1.54, 1.807) is 26.0 Å². The maximum Gasteiger partial charge on any atom is 0.342 e. The van der Waals surface area contributed by atoms with Crippen LogP contribution in [0.3, 0.4) is 0 Å². The van der Waals surface area contributed by atoms with Gasteiger partial charge in [0, 0.05) is 16.2 Å². The number of fused-ring (bicyclic) bond motifs is 3. The third-order valence-corrected chi connectivity index (χ3v) is 8.12. The summed E-state index contributed by atoms with van der Waals surface area (Å²) >= 11 is 0. The van der Waals surface area contributed by atoms with Gasteiger partial charge in [0.1, 0.15) is 23.5 Å². The van der Waals surface area contributed by atoms with Gasteiger partial charge in [0.25, 0.3) is 10.0 Å². The molecule has 7 heteroatoms. The first-order valence-corrected chi connectivity index (χ1v) is 13.4. The minimum Gasteiger partial charge on any atom is -0.460 e. The second kappa shape index (κ2) is 9.41. The SMILES string of the molecule is Cc1cc(C)c(S(=O)(=O)Nc2cc3c(C(=O)OCc4ccccc4)c(C)oc3c3ccccc23)cc1C. The van der Waals surface area contributed by atoms with Crippen LogP contribution in [-0.2, 0) is 21.4 Å². The molecule has 5 rings (SSSR count). The van der Waals surface area contributed by atoms with Crippen LogP contribution < -0.4 is 4.72 Å². The molecule has 0 saturated carbocycles. The molecule has 0 aliphatic rings. The molecule has 0 aliphatic carbocycles. The molecule has 188 valence electrons. The van der Waals surface area contributed by atoms with Crippen molar-refractivity contribution in [2.45, 2.75) is 39.2 Å². The van der Waals surface area contributed by atoms with Gasteiger partial charge in [-0.3, -0.25) is 4.72 Å². The summed E-state index contributed by atoms with van der Waals surface area (Å²) in [5, 5.41) is 1.85. The Balaban J connectivity index is 1.61. The lowest BCUT2D eigenvalue weighted by atomic mass is 10.0. The summed E-state index contributed by atoms with van der Waals surface area (Å²) in [5.74, 6) is -0.127. The third-order valence-electron chi connectivity index (χ3n) is 6.61. The van der Waals surface area contributed by atoms with Crippen molar-refractivity contribution in [1.82, 2.24) is 0 Å². The average molecular weight is 514 g/mol. The molecule has 1 heterocycles. The van der Waals surface area contributed by atoms with E-state index in [0.717, 1.165) is 16.7 Å². The van der Waals surface area contributed by atoms with Crippen LogP contribution in [0.2, 0.25) is 0 Å². The lowest BCUT2D eigenvalue weighted by molar-refractivity contribution is 0.0472. The van der Waals surface area contributed by atoms with Crippen molar-refractivity contribution in [2.75, 3.05) is 4.72 Å². The molecular weight excluding hydrogens is 486 g/mol. The fourth-order valence-corrected chi connectivity index (χ4v) is 5.98. The van der Waals surface area contributed by atoms with Crippen LogP contribution in [0.25, 0.3) is 21.7 Å². The van der Waals surface area contributed by atoms with Crippen molar-refractivity contribution in [2.24, 2.45) is 0 Å². The van der Waals surface area contributed by atoms with Crippen molar-refractivity contribution in [3.05, 3.63) is 106 Å². The number of esters is 1. The quantitative estimate of drug-likeness (QED) is 0.248. The van der Waals surface area contributed by atoms with Gasteiger partial charge in [0.2, 0.25) is 0 Å². The van der Waals surface area contributed by atoms with E-state index in [4.69, 9.17) is 9.15 Å². The van der Waals surface area contributed by atoms with E-state index in [-0.39, 0.29) is 17.1 Å². The van der Waals surface area contributed by atoms with Gasteiger partial charge in [-0.1, -0.05) is 60.7 Å². The summed E-state index contributed by atoms with van der Waals surface area (Å²) in [6.07, 6.45) is 0. The molecule has 0 atom stereocenters. The Hall–Kier alpha value is -4.10. The topological polar surface area (TPSA) is 85.6 Å². The highest BCUT2D eigenvalue weighted by Gasteiger charge is 2.25. The van der Waals surface area contributed by atoms with Crippen molar-refractivity contribution in [1.29, 1.82) is 0 Å². The number of anilines is 1. The van der Waals surface area contributed by atoms with Crippen LogP contribution >= 0.6 is 0 Å². The normalized spacial score (nSPS) is 11.7. The molecule has 0 aliphatic heterocycles. The van der Waals surface area contributed by atoms with Crippen molar-refractivity contribution in [3.63, 3.8) is 0 Å². The maximum absolute atomic E-state index is 13.5. The van der Waals surface area contributed by atoms with Crippen molar-refractivity contribution >= 4 is 43.4 Å². The van der Waals surface area contributed by atoms with Gasteiger partial charge in [-0.05, 0) is 62.1 Å². The van der Waals surface area contributed by atoms with Crippen LogP contribution in [0.5, 0.6) is 0 Å². The Labute approximate surface area is 215 Å². The summed E-state index contributed by atoms with van der Waals surface area (Å²) in [6.45, 7) is 7.44. The minimum absolute atomic E-state index is 0.116. The Morgan fingerprint density at radius 3 is 2.19 bits per heavy atom. The van der Waals surface area contributed by atoms with E-state index < -0.39 is 16.0 Å². The number of ether oxygens (including phenoxy) is 1. The molecule has 37 heavy (non-hydrogen) atoms. The smallest absolute Gasteiger partial charge is 0.342 e. The van der Waals surface area contributed by atoms with Gasteiger partial charge >= 0.3 is 5.97 Å². The Bertz CT molecular complexity index is 1770. The van der Waals surface area contributed by atoms with Crippen LogP contribution in [0.4, 0.5) is 5.69 Å². The summed E-state index contributed by atoms with van der Waals surface area (Å²) < 4.78 is 41.4. The summed E-state index contributed by atoms with van der Waals surface area (Å²) in [7, 11) is -3.91. The molecule has 1 N–H and O–H groups in total. The molecule has 0 radical (unpaired) electrons. The van der Waals surface area contributed by atoms with Crippen LogP contribution in [0, 0.1) is 27.7 Å². The zero-order chi connectivity index (χ0) is 26.3. The number of carbonyl (C=O) groups is 1. The van der Waals surface area contributed by atoms with Gasteiger partial charge in [-0.15, -0.1) is 0 Å². The van der Waals surface area contributed by atoms with Crippen LogP contribution in [0.1, 0.15) is 38.4 Å². The number of nitrogens with one attached hydrogen (secondary N) is 1. The predicted molar refractivity (Wildman–Crippen MR) is 145 cm³/mol. The third kappa shape index (κ3) is 4.58. The second-order valence-corrected chi connectivity index (χ2v) is 10.9. The lowest BCUT2D eigenvalue weighted by Gasteiger charge is -2.15. The van der Waals surface area contributed by atoms with Gasteiger partial charge in [-0.25, -0.2) is 13.2 Å². The zero-order valence-electron chi connectivity index (χ0n) is 21.1. The summed E-state index contributed by atoms with van der Waals surface area (Å²) in [4.78, 5) is 13.4. The van der Waals surface area contributed by atoms with Crippen molar-refractivity contribution in [3.8, 4) is 0 Å². The standard InChI is InChI=1S/C30H27NO5S/c1-18-14-20(3)27(15-19(18)2)37(33,34)31-26-16-25-28(30(32)35-17-22-10-6-5-7-11-22)21(4)36-29(25)24-13-9-8-12-23(24)26/h5-16,31H,17H2,1-4H3. The second-order valence-electron chi connectivity index (χ2n) is 9.25. The number of benzene rings is 4. The molecular formula is C30H27NO5S. The molecule has 4 aromatic carbocycles. The van der Waals surface area contributed by atoms with Gasteiger partial charge in [0.15, 0.2) is 0 Å². The lowest BCUT2D eigenvalue weighted by Crippen LogP contribution is -2.15. The van der Waals surface area contributed by atoms with Gasteiger partial charge in [-0.2, -0.15) is 0 Å². The summed E-state index contributed by atoms with van der Waals surface area (Å²) in [5.41, 5.74) is 4.58. The molecule has 0 unspecified atom stereocenters. The Kier molecular flexibility index (Phi) is 6.25. The molecule has 1 aromatic heterocycles. The van der Waals surface area contributed by atoms with E-state index in [1.165, 1.54) is 0 Å². The fraction of sp³-hybridized carbons (Fsp3) is 0.167. The summed E-state index contributed by atoms with van der Waals surface area (Å²) in [6, 6.07) is 22.0. The minimum atomic E-state index is -3.91. The molecule has 0 spiro atoms. The van der Waals surface area contributed by atoms with E-state index >= 15 is 0 Å². The van der Waals surface area contributed by atoms with E-state index in [2.05, 4.69) is 4.72 Å². The fourth-order valence-electron chi connectivity index (χ4n) is 4.59. The largest absolute Gasteiger partial charge is 0.460 e. The van der Waals surface area contributed by atoms with Crippen LogP contribution in [0.15, 0.2) is 82.1 Å². The number of carbonyl (C=O) groups excluding carboxylic acids is 1. The number of aryl methyl sites for hydroxylation is 4. The molecule has 0 fully saturated rings. The Morgan fingerprint density at radius 2 is 1.46 bits per heavy atom. The number of hydrogen-bond donors (Lipinski definition) is 1. The molecule has 5 aromatic rings. The van der Waals surface area contributed by atoms with Crippen LogP contribution in [-0.4, -0.2) is 14.4 Å². The predicted octanol–water partition coefficient (Wildman–Crippen LogP) is 6.98. The van der Waals surface area contributed by atoms with E-state index in [9.17, 15) is 13.2 Å². The van der Waals surface area contributed by atoms with E-state index in [0.29, 0.717) is 38.8 Å². The molecule has 0 bridgehead atoms. The molecule has 0 saturated heterocycles. The first-order valence-electron chi connectivity index (χ1n) is 11.9. The number of rotatable bonds is 6. The maximum atomic E-state index is 13.5. The highest BCUT2D eigenvalue weighted by molar-refractivity contribution is 7.92. The monoisotopic (exact) mass is 513 g/mol. The zero-order valence-corrected chi connectivity index (χ0v) is 21.9. The first-order chi connectivity index (χ1) is 17.7. The van der Waals surface area contributed by atoms with Gasteiger partial charge < -0.3 is 9.15 Å². The average Bonchev–Trinajstić information content (AvgIpc) is 3.21. The highest BCUT2D eigenvalue weighted by atomic mass is 32.2. The number of sulfonamides is 1. The molecule has 0 amide bonds. The van der Waals surface area contributed by atoms with E-state index in [1.807, 2.05) is 74.5 Å². The highest BCUT2D eigenvalue weighted by Crippen LogP contribution is 2.38. The Morgan fingerprint density at radius 1 is 0.811 bits per heavy atom. The number of furan rings is 1. The molecule has 6 nitrogen and oxygen atoms in total. The van der Waals surface area contributed by atoms with Gasteiger partial charge in [0.05, 0.1) is 10.6 Å². The number of hydrogen-bond acceptors (Lipinski definition) is 5. The van der Waals surface area contributed by atoms with Crippen molar-refractivity contribution < 1.29 is 22.4 Å². The first kappa shape index (κ1) is 24.6.